The minimum absolute atomic E-state index is 0.676. The van der Waals surface area contributed by atoms with Crippen molar-refractivity contribution in [3.63, 3.8) is 0 Å². The fourth-order valence-corrected chi connectivity index (χ4v) is 2.88. The normalized spacial score (nSPS) is 10.8. The van der Waals surface area contributed by atoms with Gasteiger partial charge in [0.1, 0.15) is 9.21 Å². The smallest absolute Gasteiger partial charge is 0.162 e. The molecular formula is C13H7Br2N3. The lowest BCUT2D eigenvalue weighted by Crippen LogP contribution is -1.92. The van der Waals surface area contributed by atoms with Gasteiger partial charge >= 0.3 is 0 Å². The van der Waals surface area contributed by atoms with Crippen LogP contribution in [0.25, 0.3) is 22.3 Å². The number of aromatic nitrogens is 3. The van der Waals surface area contributed by atoms with Gasteiger partial charge in [-0.1, -0.05) is 18.2 Å². The molecule has 0 saturated carbocycles. The van der Waals surface area contributed by atoms with Crippen molar-refractivity contribution in [2.45, 2.75) is 0 Å². The van der Waals surface area contributed by atoms with Crippen LogP contribution in [0.2, 0.25) is 0 Å². The van der Waals surface area contributed by atoms with Crippen LogP contribution in [0.3, 0.4) is 0 Å². The molecule has 3 aromatic rings. The van der Waals surface area contributed by atoms with Gasteiger partial charge in [-0.05, 0) is 44.0 Å². The first kappa shape index (κ1) is 11.7. The van der Waals surface area contributed by atoms with Gasteiger partial charge in [-0.3, -0.25) is 4.98 Å². The quantitative estimate of drug-likeness (QED) is 0.607. The number of benzene rings is 1. The van der Waals surface area contributed by atoms with Crippen LogP contribution in [0.1, 0.15) is 0 Å². The number of halogens is 2. The van der Waals surface area contributed by atoms with E-state index in [9.17, 15) is 0 Å². The highest BCUT2D eigenvalue weighted by Gasteiger charge is 2.08. The van der Waals surface area contributed by atoms with E-state index < -0.39 is 0 Å². The molecular weight excluding hydrogens is 358 g/mol. The summed E-state index contributed by atoms with van der Waals surface area (Å²) in [6, 6.07) is 11.7. The second kappa shape index (κ2) is 4.74. The van der Waals surface area contributed by atoms with Crippen LogP contribution < -0.4 is 0 Å². The molecule has 3 rings (SSSR count). The van der Waals surface area contributed by atoms with Crippen LogP contribution in [0.15, 0.2) is 51.8 Å². The highest BCUT2D eigenvalue weighted by Crippen LogP contribution is 2.26. The summed E-state index contributed by atoms with van der Waals surface area (Å²) in [5.41, 5.74) is 1.91. The molecule has 0 unspecified atom stereocenters. The van der Waals surface area contributed by atoms with E-state index >= 15 is 0 Å². The standard InChI is InChI=1S/C13H7Br2N3/c14-11-7-12(15)18-13(17-11)9-5-6-16-10-4-2-1-3-8(9)10/h1-7H. The van der Waals surface area contributed by atoms with Gasteiger partial charge < -0.3 is 0 Å². The van der Waals surface area contributed by atoms with E-state index in [4.69, 9.17) is 0 Å². The number of hydrogen-bond donors (Lipinski definition) is 0. The van der Waals surface area contributed by atoms with Crippen LogP contribution in [0.4, 0.5) is 0 Å². The molecule has 0 saturated heterocycles. The summed E-state index contributed by atoms with van der Waals surface area (Å²) in [5, 5.41) is 1.05. The Kier molecular flexibility index (Phi) is 3.09. The molecule has 0 aliphatic heterocycles. The number of pyridine rings is 1. The third-order valence-electron chi connectivity index (χ3n) is 2.55. The molecule has 2 heterocycles. The Balaban J connectivity index is 2.31. The SMILES string of the molecule is Brc1cc(Br)nc(-c2ccnc3ccccc23)n1. The third-order valence-corrected chi connectivity index (χ3v) is 3.37. The lowest BCUT2D eigenvalue weighted by molar-refractivity contribution is 1.12. The van der Waals surface area contributed by atoms with E-state index in [1.54, 1.807) is 6.20 Å². The maximum atomic E-state index is 4.40. The first-order valence-electron chi connectivity index (χ1n) is 5.28. The van der Waals surface area contributed by atoms with Gasteiger partial charge in [0.2, 0.25) is 0 Å². The van der Waals surface area contributed by atoms with E-state index in [0.29, 0.717) is 5.82 Å². The second-order valence-electron chi connectivity index (χ2n) is 3.71. The Bertz CT molecular complexity index is 703. The number of fused-ring (bicyclic) bond motifs is 1. The molecule has 0 atom stereocenters. The molecule has 88 valence electrons. The zero-order valence-electron chi connectivity index (χ0n) is 9.14. The molecule has 0 N–H and O–H groups in total. The van der Waals surface area contributed by atoms with E-state index in [0.717, 1.165) is 25.7 Å². The summed E-state index contributed by atoms with van der Waals surface area (Å²) in [7, 11) is 0. The zero-order valence-corrected chi connectivity index (χ0v) is 12.3. The van der Waals surface area contributed by atoms with Crippen molar-refractivity contribution in [3.05, 3.63) is 51.8 Å². The Morgan fingerprint density at radius 3 is 2.39 bits per heavy atom. The van der Waals surface area contributed by atoms with Crippen molar-refractivity contribution >= 4 is 42.8 Å². The molecule has 5 heteroatoms. The minimum Gasteiger partial charge on any atom is -0.256 e. The molecule has 0 fully saturated rings. The van der Waals surface area contributed by atoms with E-state index in [1.165, 1.54) is 0 Å². The first-order chi connectivity index (χ1) is 8.74. The van der Waals surface area contributed by atoms with Crippen molar-refractivity contribution in [3.8, 4) is 11.4 Å². The van der Waals surface area contributed by atoms with Crippen LogP contribution >= 0.6 is 31.9 Å². The molecule has 0 aliphatic carbocycles. The fraction of sp³-hybridized carbons (Fsp3) is 0. The Morgan fingerprint density at radius 2 is 1.61 bits per heavy atom. The van der Waals surface area contributed by atoms with Crippen LogP contribution in [0.5, 0.6) is 0 Å². The molecule has 1 aromatic carbocycles. The largest absolute Gasteiger partial charge is 0.256 e. The average molecular weight is 365 g/mol. The summed E-state index contributed by atoms with van der Waals surface area (Å²) in [6.07, 6.45) is 1.77. The van der Waals surface area contributed by atoms with Crippen molar-refractivity contribution < 1.29 is 0 Å². The van der Waals surface area contributed by atoms with Gasteiger partial charge in [0, 0.05) is 23.2 Å². The topological polar surface area (TPSA) is 38.7 Å². The van der Waals surface area contributed by atoms with Gasteiger partial charge in [-0.25, -0.2) is 9.97 Å². The zero-order chi connectivity index (χ0) is 12.5. The van der Waals surface area contributed by atoms with E-state index in [1.807, 2.05) is 36.4 Å². The van der Waals surface area contributed by atoms with Gasteiger partial charge in [0.05, 0.1) is 5.52 Å². The van der Waals surface area contributed by atoms with Crippen LogP contribution in [-0.2, 0) is 0 Å². The summed E-state index contributed by atoms with van der Waals surface area (Å²) < 4.78 is 1.50. The summed E-state index contributed by atoms with van der Waals surface area (Å²) >= 11 is 6.76. The van der Waals surface area contributed by atoms with Gasteiger partial charge in [0.15, 0.2) is 5.82 Å². The highest BCUT2D eigenvalue weighted by molar-refractivity contribution is 9.11. The Hall–Kier alpha value is -1.33. The molecule has 3 nitrogen and oxygen atoms in total. The third kappa shape index (κ3) is 2.15. The van der Waals surface area contributed by atoms with Crippen LogP contribution in [-0.4, -0.2) is 15.0 Å². The number of hydrogen-bond acceptors (Lipinski definition) is 3. The van der Waals surface area contributed by atoms with Gasteiger partial charge in [0.25, 0.3) is 0 Å². The van der Waals surface area contributed by atoms with Crippen molar-refractivity contribution in [1.82, 2.24) is 15.0 Å². The Labute approximate surface area is 121 Å². The number of nitrogens with zero attached hydrogens (tertiary/aromatic N) is 3. The Morgan fingerprint density at radius 1 is 0.889 bits per heavy atom. The lowest BCUT2D eigenvalue weighted by Gasteiger charge is -2.05. The molecule has 0 spiro atoms. The minimum atomic E-state index is 0.676. The monoisotopic (exact) mass is 363 g/mol. The summed E-state index contributed by atoms with van der Waals surface area (Å²) in [5.74, 6) is 0.676. The molecule has 0 amide bonds. The molecule has 0 aliphatic rings. The maximum absolute atomic E-state index is 4.40. The maximum Gasteiger partial charge on any atom is 0.162 e. The van der Waals surface area contributed by atoms with Gasteiger partial charge in [-0.2, -0.15) is 0 Å². The predicted octanol–water partition coefficient (Wildman–Crippen LogP) is 4.22. The summed E-state index contributed by atoms with van der Waals surface area (Å²) in [6.45, 7) is 0. The average Bonchev–Trinajstić information content (AvgIpc) is 2.37. The molecule has 0 bridgehead atoms. The molecule has 18 heavy (non-hydrogen) atoms. The number of rotatable bonds is 1. The van der Waals surface area contributed by atoms with Crippen molar-refractivity contribution in [1.29, 1.82) is 0 Å². The predicted molar refractivity (Wildman–Crippen MR) is 78.2 cm³/mol. The lowest BCUT2D eigenvalue weighted by atomic mass is 10.1. The van der Waals surface area contributed by atoms with Crippen LogP contribution in [0, 0.1) is 0 Å². The first-order valence-corrected chi connectivity index (χ1v) is 6.87. The van der Waals surface area contributed by atoms with E-state index in [2.05, 4.69) is 46.8 Å². The molecule has 0 radical (unpaired) electrons. The second-order valence-corrected chi connectivity index (χ2v) is 5.34. The number of para-hydroxylation sites is 1. The van der Waals surface area contributed by atoms with Crippen molar-refractivity contribution in [2.75, 3.05) is 0 Å². The highest BCUT2D eigenvalue weighted by atomic mass is 79.9. The molecule has 2 aromatic heterocycles. The van der Waals surface area contributed by atoms with Gasteiger partial charge in [-0.15, -0.1) is 0 Å². The fourth-order valence-electron chi connectivity index (χ4n) is 1.80. The van der Waals surface area contributed by atoms with E-state index in [-0.39, 0.29) is 0 Å². The summed E-state index contributed by atoms with van der Waals surface area (Å²) in [4.78, 5) is 13.1. The van der Waals surface area contributed by atoms with Crippen molar-refractivity contribution in [2.24, 2.45) is 0 Å².